The largest absolute Gasteiger partial charge is 0.419 e. The summed E-state index contributed by atoms with van der Waals surface area (Å²) in [6.07, 6.45) is 1.52. The maximum absolute atomic E-state index is 13.8. The molecule has 1 N–H and O–H groups in total. The average molecular weight is 412 g/mol. The van der Waals surface area contributed by atoms with Crippen molar-refractivity contribution in [3.63, 3.8) is 0 Å². The number of aliphatic hydroxyl groups is 1. The van der Waals surface area contributed by atoms with Gasteiger partial charge in [0.05, 0.1) is 12.2 Å². The van der Waals surface area contributed by atoms with Crippen LogP contribution in [0.25, 0.3) is 0 Å². The number of fused-ring (bicyclic) bond motifs is 5. The van der Waals surface area contributed by atoms with Gasteiger partial charge in [-0.05, 0) is 85.9 Å². The Bertz CT molecular complexity index is 743. The Labute approximate surface area is 171 Å². The first kappa shape index (κ1) is 21.2. The molecule has 4 unspecified atom stereocenters. The van der Waals surface area contributed by atoms with Crippen LogP contribution in [0.15, 0.2) is 11.6 Å². The summed E-state index contributed by atoms with van der Waals surface area (Å²) in [6, 6.07) is 2.22. The summed E-state index contributed by atoms with van der Waals surface area (Å²) in [5.74, 6) is 1.20. The van der Waals surface area contributed by atoms with Gasteiger partial charge in [-0.3, -0.25) is 0 Å². The Kier molecular flexibility index (Phi) is 4.91. The summed E-state index contributed by atoms with van der Waals surface area (Å²) < 4.78 is 46.5. The Morgan fingerprint density at radius 2 is 1.86 bits per heavy atom. The highest BCUT2D eigenvalue weighted by Gasteiger charge is 2.68. The van der Waals surface area contributed by atoms with E-state index in [0.29, 0.717) is 17.8 Å². The summed E-state index contributed by atoms with van der Waals surface area (Å²) in [5.41, 5.74) is -1.68. The number of halogens is 3. The molecule has 4 aliphatic carbocycles. The quantitative estimate of drug-likeness (QED) is 0.588. The minimum atomic E-state index is -4.68. The van der Waals surface area contributed by atoms with Crippen molar-refractivity contribution in [3.05, 3.63) is 11.6 Å². The fourth-order valence-electron chi connectivity index (χ4n) is 8.00. The van der Waals surface area contributed by atoms with Crippen molar-refractivity contribution in [2.45, 2.75) is 83.1 Å². The Hall–Kier alpha value is -1.06. The molecule has 0 bridgehead atoms. The van der Waals surface area contributed by atoms with Crippen molar-refractivity contribution < 1.29 is 23.0 Å². The molecule has 0 amide bonds. The summed E-state index contributed by atoms with van der Waals surface area (Å²) in [4.78, 5) is 0. The summed E-state index contributed by atoms with van der Waals surface area (Å²) in [6.45, 7) is 4.44. The topological polar surface area (TPSA) is 53.2 Å². The summed E-state index contributed by atoms with van der Waals surface area (Å²) >= 11 is 0. The lowest BCUT2D eigenvalue weighted by molar-refractivity contribution is -0.325. The molecule has 0 radical (unpaired) electrons. The van der Waals surface area contributed by atoms with E-state index in [-0.39, 0.29) is 29.6 Å². The van der Waals surface area contributed by atoms with Crippen LogP contribution in [-0.4, -0.2) is 30.1 Å². The van der Waals surface area contributed by atoms with E-state index in [0.717, 1.165) is 38.5 Å². The SMILES string of the molecule is CO[C@H]1CC2(C)C(CCC3[C@@H]4CC/C(=C/C#N)C4(C)CC[C@@H]32)C[C@@]1(O)C(F)(F)F. The smallest absolute Gasteiger partial charge is 0.378 e. The molecule has 0 spiro atoms. The van der Waals surface area contributed by atoms with Crippen molar-refractivity contribution in [1.82, 2.24) is 0 Å². The van der Waals surface area contributed by atoms with E-state index in [2.05, 4.69) is 19.9 Å². The highest BCUT2D eigenvalue weighted by Crippen LogP contribution is 2.68. The minimum absolute atomic E-state index is 0.0577. The summed E-state index contributed by atoms with van der Waals surface area (Å²) in [5, 5.41) is 19.8. The first-order valence-corrected chi connectivity index (χ1v) is 10.9. The van der Waals surface area contributed by atoms with E-state index in [1.54, 1.807) is 6.08 Å². The lowest BCUT2D eigenvalue weighted by Crippen LogP contribution is -2.65. The van der Waals surface area contributed by atoms with Gasteiger partial charge in [0.25, 0.3) is 0 Å². The molecule has 0 heterocycles. The first-order valence-electron chi connectivity index (χ1n) is 10.9. The Morgan fingerprint density at radius 3 is 2.48 bits per heavy atom. The number of ether oxygens (including phenoxy) is 1. The van der Waals surface area contributed by atoms with E-state index in [1.807, 2.05) is 0 Å². The third-order valence-electron chi connectivity index (χ3n) is 9.64. The minimum Gasteiger partial charge on any atom is -0.378 e. The highest BCUT2D eigenvalue weighted by atomic mass is 19.4. The molecule has 162 valence electrons. The number of hydrogen-bond acceptors (Lipinski definition) is 3. The zero-order valence-corrected chi connectivity index (χ0v) is 17.6. The van der Waals surface area contributed by atoms with E-state index < -0.39 is 17.9 Å². The van der Waals surface area contributed by atoms with Crippen LogP contribution in [-0.2, 0) is 4.74 Å². The van der Waals surface area contributed by atoms with Gasteiger partial charge in [-0.2, -0.15) is 18.4 Å². The van der Waals surface area contributed by atoms with Gasteiger partial charge in [0.1, 0.15) is 0 Å². The maximum atomic E-state index is 13.8. The third-order valence-corrected chi connectivity index (χ3v) is 9.64. The number of nitriles is 1. The van der Waals surface area contributed by atoms with Crippen LogP contribution in [0.1, 0.15) is 65.2 Å². The molecular formula is C23H32F3NO2. The van der Waals surface area contributed by atoms with Gasteiger partial charge < -0.3 is 9.84 Å². The van der Waals surface area contributed by atoms with Crippen molar-refractivity contribution in [1.29, 1.82) is 5.26 Å². The molecule has 3 nitrogen and oxygen atoms in total. The van der Waals surface area contributed by atoms with Crippen LogP contribution in [0.3, 0.4) is 0 Å². The number of hydrogen-bond donors (Lipinski definition) is 1. The molecule has 4 aliphatic rings. The molecule has 4 fully saturated rings. The highest BCUT2D eigenvalue weighted by molar-refractivity contribution is 5.28. The number of nitrogens with zero attached hydrogens (tertiary/aromatic N) is 1. The van der Waals surface area contributed by atoms with Gasteiger partial charge in [0.15, 0.2) is 5.60 Å². The molecule has 0 aromatic heterocycles. The molecule has 8 atom stereocenters. The predicted octanol–water partition coefficient (Wildman–Crippen LogP) is 5.40. The fourth-order valence-corrected chi connectivity index (χ4v) is 8.00. The predicted molar refractivity (Wildman–Crippen MR) is 103 cm³/mol. The van der Waals surface area contributed by atoms with Gasteiger partial charge >= 0.3 is 6.18 Å². The van der Waals surface area contributed by atoms with Crippen molar-refractivity contribution in [3.8, 4) is 6.07 Å². The molecule has 0 aromatic carbocycles. The molecule has 6 heteroatoms. The zero-order chi connectivity index (χ0) is 21.2. The van der Waals surface area contributed by atoms with Crippen LogP contribution in [0, 0.1) is 45.8 Å². The lowest BCUT2D eigenvalue weighted by Gasteiger charge is -2.62. The Balaban J connectivity index is 1.65. The number of methoxy groups -OCH3 is 1. The average Bonchev–Trinajstić information content (AvgIpc) is 2.98. The Morgan fingerprint density at radius 1 is 1.14 bits per heavy atom. The van der Waals surface area contributed by atoms with Crippen molar-refractivity contribution in [2.75, 3.05) is 7.11 Å². The third kappa shape index (κ3) is 2.83. The lowest BCUT2D eigenvalue weighted by atomic mass is 9.43. The first-order chi connectivity index (χ1) is 13.5. The zero-order valence-electron chi connectivity index (χ0n) is 17.6. The van der Waals surface area contributed by atoms with E-state index in [9.17, 15) is 23.5 Å². The molecule has 0 aliphatic heterocycles. The molecule has 29 heavy (non-hydrogen) atoms. The normalized spacial score (nSPS) is 51.1. The molecule has 0 aromatic rings. The standard InChI is InChI=1S/C23H32F3NO2/c1-20-10-8-18-16(17(20)7-5-14(20)9-11-27)6-4-15-12-22(28,23(24,25)26)19(29-3)13-21(15,18)2/h9,15-19,28H,4-8,10,12-13H2,1-3H3/b14-9-/t15?,16?,17-,18-,19-,20?,21?,22-/m0/s1. The maximum Gasteiger partial charge on any atom is 0.419 e. The molecule has 4 rings (SSSR count). The second kappa shape index (κ2) is 6.72. The van der Waals surface area contributed by atoms with Gasteiger partial charge in [-0.1, -0.05) is 19.4 Å². The molecular weight excluding hydrogens is 379 g/mol. The number of alkyl halides is 3. The van der Waals surface area contributed by atoms with E-state index in [1.165, 1.54) is 12.7 Å². The van der Waals surface area contributed by atoms with Crippen molar-refractivity contribution >= 4 is 0 Å². The fraction of sp³-hybridized carbons (Fsp3) is 0.870. The molecule has 0 saturated heterocycles. The van der Waals surface area contributed by atoms with Gasteiger partial charge in [-0.15, -0.1) is 0 Å². The van der Waals surface area contributed by atoms with Crippen LogP contribution in [0.2, 0.25) is 0 Å². The monoisotopic (exact) mass is 411 g/mol. The van der Waals surface area contributed by atoms with Crippen LogP contribution in [0.4, 0.5) is 13.2 Å². The van der Waals surface area contributed by atoms with Gasteiger partial charge in [0.2, 0.25) is 0 Å². The van der Waals surface area contributed by atoms with E-state index in [4.69, 9.17) is 4.74 Å². The second-order valence-electron chi connectivity index (χ2n) is 10.5. The summed E-state index contributed by atoms with van der Waals surface area (Å²) in [7, 11) is 1.29. The second-order valence-corrected chi connectivity index (χ2v) is 10.5. The number of rotatable bonds is 1. The van der Waals surface area contributed by atoms with E-state index >= 15 is 0 Å². The number of allylic oxidation sites excluding steroid dienone is 2. The van der Waals surface area contributed by atoms with Gasteiger partial charge in [0, 0.05) is 13.2 Å². The van der Waals surface area contributed by atoms with Crippen LogP contribution in [0.5, 0.6) is 0 Å². The van der Waals surface area contributed by atoms with Crippen molar-refractivity contribution in [2.24, 2.45) is 34.5 Å². The van der Waals surface area contributed by atoms with Crippen LogP contribution >= 0.6 is 0 Å². The van der Waals surface area contributed by atoms with Gasteiger partial charge in [-0.25, -0.2) is 0 Å². The molecule has 4 saturated carbocycles. The van der Waals surface area contributed by atoms with Crippen LogP contribution < -0.4 is 0 Å².